The van der Waals surface area contributed by atoms with Crippen molar-refractivity contribution in [3.8, 4) is 11.5 Å². The van der Waals surface area contributed by atoms with E-state index in [1.54, 1.807) is 7.11 Å². The van der Waals surface area contributed by atoms with Gasteiger partial charge >= 0.3 is 0 Å². The average molecular weight is 409 g/mol. The predicted molar refractivity (Wildman–Crippen MR) is 119 cm³/mol. The normalized spacial score (nSPS) is 12.0. The quantitative estimate of drug-likeness (QED) is 0.484. The monoisotopic (exact) mass is 408 g/mol. The van der Waals surface area contributed by atoms with Crippen LogP contribution in [0, 0.1) is 5.82 Å². The van der Waals surface area contributed by atoms with E-state index in [4.69, 9.17) is 9.47 Å². The molecule has 0 unspecified atom stereocenters. The van der Waals surface area contributed by atoms with Gasteiger partial charge in [-0.25, -0.2) is 4.39 Å². The van der Waals surface area contributed by atoms with Crippen molar-refractivity contribution in [2.75, 3.05) is 13.7 Å². The summed E-state index contributed by atoms with van der Waals surface area (Å²) in [6.07, 6.45) is 1.15. The molecule has 3 aromatic carbocycles. The van der Waals surface area contributed by atoms with Gasteiger partial charge in [-0.3, -0.25) is 0 Å². The molecule has 3 rings (SSSR count). The van der Waals surface area contributed by atoms with Crippen molar-refractivity contribution in [3.63, 3.8) is 0 Å². The van der Waals surface area contributed by atoms with E-state index in [-0.39, 0.29) is 17.8 Å². The van der Waals surface area contributed by atoms with Gasteiger partial charge in [0, 0.05) is 17.9 Å². The van der Waals surface area contributed by atoms with Crippen LogP contribution in [-0.4, -0.2) is 19.8 Å². The minimum absolute atomic E-state index is 0.184. The zero-order valence-electron chi connectivity index (χ0n) is 18.0. The number of methoxy groups -OCH3 is 1. The van der Waals surface area contributed by atoms with Gasteiger partial charge in [0.05, 0.1) is 19.8 Å². The molecule has 0 bridgehead atoms. The molecule has 2 N–H and O–H groups in total. The summed E-state index contributed by atoms with van der Waals surface area (Å²) in [6, 6.07) is 23.3. The van der Waals surface area contributed by atoms with Crippen molar-refractivity contribution in [1.29, 1.82) is 0 Å². The second-order valence-corrected chi connectivity index (χ2v) is 7.76. The van der Waals surface area contributed by atoms with Crippen LogP contribution in [0.25, 0.3) is 0 Å². The third-order valence-electron chi connectivity index (χ3n) is 5.13. The summed E-state index contributed by atoms with van der Waals surface area (Å²) in [7, 11) is 1.67. The Morgan fingerprint density at radius 2 is 1.37 bits per heavy atom. The first-order chi connectivity index (χ1) is 14.5. The van der Waals surface area contributed by atoms with E-state index in [9.17, 15) is 4.39 Å². The number of hydrogen-bond donors (Lipinski definition) is 1. The molecule has 0 spiro atoms. The molecule has 0 fully saturated rings. The zero-order valence-corrected chi connectivity index (χ0v) is 18.0. The Morgan fingerprint density at radius 1 is 0.800 bits per heavy atom. The average Bonchev–Trinajstić information content (AvgIpc) is 2.76. The Hall–Kier alpha value is -2.85. The molecule has 0 heterocycles. The second kappa shape index (κ2) is 10.8. The summed E-state index contributed by atoms with van der Waals surface area (Å²) in [5.74, 6) is 1.76. The largest absolute Gasteiger partial charge is 0.497 e. The number of halogens is 1. The molecule has 0 saturated heterocycles. The first kappa shape index (κ1) is 21.8. The summed E-state index contributed by atoms with van der Waals surface area (Å²) < 4.78 is 24.4. The van der Waals surface area contributed by atoms with Crippen molar-refractivity contribution >= 4 is 0 Å². The van der Waals surface area contributed by atoms with Gasteiger partial charge in [0.15, 0.2) is 0 Å². The van der Waals surface area contributed by atoms with Crippen LogP contribution in [0.5, 0.6) is 11.5 Å². The van der Waals surface area contributed by atoms with Gasteiger partial charge in [-0.2, -0.15) is 0 Å². The predicted octanol–water partition coefficient (Wildman–Crippen LogP) is 4.91. The van der Waals surface area contributed by atoms with E-state index in [0.717, 1.165) is 36.6 Å². The Kier molecular flexibility index (Phi) is 7.86. The molecule has 0 aromatic heterocycles. The van der Waals surface area contributed by atoms with Gasteiger partial charge in [0.2, 0.25) is 0 Å². The minimum atomic E-state index is -0.205. The van der Waals surface area contributed by atoms with Crippen LogP contribution in [-0.2, 0) is 6.54 Å². The standard InChI is InChI=1S/C26H30FNO2/c1-19(2)30-25-12-4-20(5-13-25)18-28-17-16-26(21-6-10-23(27)11-7-21)22-8-14-24(29-3)15-9-22/h4-15,19,26,28H,16-18H2,1-3H3/p+1/t26-/m1/s1. The van der Waals surface area contributed by atoms with E-state index in [1.807, 2.05) is 50.2 Å². The highest BCUT2D eigenvalue weighted by molar-refractivity contribution is 5.36. The van der Waals surface area contributed by atoms with Crippen molar-refractivity contribution in [2.24, 2.45) is 0 Å². The van der Waals surface area contributed by atoms with Crippen LogP contribution >= 0.6 is 0 Å². The maximum Gasteiger partial charge on any atom is 0.123 e. The van der Waals surface area contributed by atoms with Gasteiger partial charge in [0.25, 0.3) is 0 Å². The number of ether oxygens (including phenoxy) is 2. The Balaban J connectivity index is 1.61. The number of benzene rings is 3. The molecule has 0 aliphatic carbocycles. The van der Waals surface area contributed by atoms with Gasteiger partial charge < -0.3 is 14.8 Å². The van der Waals surface area contributed by atoms with Crippen molar-refractivity contribution in [3.05, 3.63) is 95.3 Å². The van der Waals surface area contributed by atoms with E-state index in [1.165, 1.54) is 23.3 Å². The van der Waals surface area contributed by atoms with Gasteiger partial charge in [0.1, 0.15) is 23.9 Å². The molecule has 0 saturated carbocycles. The van der Waals surface area contributed by atoms with Crippen LogP contribution < -0.4 is 14.8 Å². The summed E-state index contributed by atoms with van der Waals surface area (Å²) >= 11 is 0. The van der Waals surface area contributed by atoms with Gasteiger partial charge in [-0.1, -0.05) is 24.3 Å². The van der Waals surface area contributed by atoms with E-state index in [2.05, 4.69) is 29.6 Å². The topological polar surface area (TPSA) is 35.1 Å². The first-order valence-electron chi connectivity index (χ1n) is 10.5. The molecular weight excluding hydrogens is 377 g/mol. The van der Waals surface area contributed by atoms with Gasteiger partial charge in [-0.05, 0) is 73.5 Å². The molecule has 3 aromatic rings. The fourth-order valence-electron chi connectivity index (χ4n) is 3.59. The zero-order chi connectivity index (χ0) is 21.3. The van der Waals surface area contributed by atoms with E-state index < -0.39 is 0 Å². The Labute approximate surface area is 178 Å². The summed E-state index contributed by atoms with van der Waals surface area (Å²) in [5, 5.41) is 2.32. The third kappa shape index (κ3) is 6.33. The number of hydrogen-bond acceptors (Lipinski definition) is 2. The SMILES string of the molecule is COc1ccc([C@H](CC[NH2+]Cc2ccc(OC(C)C)cc2)c2ccc(F)cc2)cc1. The Bertz CT molecular complexity index is 890. The Morgan fingerprint density at radius 3 is 1.93 bits per heavy atom. The van der Waals surface area contributed by atoms with Crippen molar-refractivity contribution in [1.82, 2.24) is 0 Å². The van der Waals surface area contributed by atoms with E-state index >= 15 is 0 Å². The minimum Gasteiger partial charge on any atom is -0.497 e. The highest BCUT2D eigenvalue weighted by Crippen LogP contribution is 2.29. The molecule has 158 valence electrons. The lowest BCUT2D eigenvalue weighted by atomic mass is 9.88. The van der Waals surface area contributed by atoms with Crippen LogP contribution in [0.4, 0.5) is 4.39 Å². The van der Waals surface area contributed by atoms with Crippen LogP contribution in [0.1, 0.15) is 42.9 Å². The molecule has 3 nitrogen and oxygen atoms in total. The fraction of sp³-hybridized carbons (Fsp3) is 0.308. The molecule has 1 atom stereocenters. The van der Waals surface area contributed by atoms with Crippen LogP contribution in [0.3, 0.4) is 0 Å². The first-order valence-corrected chi connectivity index (χ1v) is 10.5. The van der Waals surface area contributed by atoms with Crippen molar-refractivity contribution < 1.29 is 19.2 Å². The second-order valence-electron chi connectivity index (χ2n) is 7.76. The highest BCUT2D eigenvalue weighted by atomic mass is 19.1. The molecule has 30 heavy (non-hydrogen) atoms. The molecule has 0 aliphatic heterocycles. The maximum atomic E-state index is 13.4. The molecule has 4 heteroatoms. The van der Waals surface area contributed by atoms with E-state index in [0.29, 0.717) is 0 Å². The molecule has 0 amide bonds. The van der Waals surface area contributed by atoms with Crippen LogP contribution in [0.15, 0.2) is 72.8 Å². The smallest absolute Gasteiger partial charge is 0.123 e. The lowest BCUT2D eigenvalue weighted by molar-refractivity contribution is -0.671. The van der Waals surface area contributed by atoms with Crippen LogP contribution in [0.2, 0.25) is 0 Å². The number of nitrogens with two attached hydrogens (primary N) is 1. The fourth-order valence-corrected chi connectivity index (χ4v) is 3.59. The lowest BCUT2D eigenvalue weighted by Gasteiger charge is -2.18. The lowest BCUT2D eigenvalue weighted by Crippen LogP contribution is -2.82. The molecule has 0 radical (unpaired) electrons. The maximum absolute atomic E-state index is 13.4. The molecular formula is C26H31FNO2+. The van der Waals surface area contributed by atoms with Crippen molar-refractivity contribution in [2.45, 2.75) is 38.8 Å². The summed E-state index contributed by atoms with van der Waals surface area (Å²) in [5.41, 5.74) is 3.62. The number of quaternary nitrogens is 1. The summed E-state index contributed by atoms with van der Waals surface area (Å²) in [4.78, 5) is 0. The molecule has 0 aliphatic rings. The highest BCUT2D eigenvalue weighted by Gasteiger charge is 2.15. The van der Waals surface area contributed by atoms with Gasteiger partial charge in [-0.15, -0.1) is 0 Å². The third-order valence-corrected chi connectivity index (χ3v) is 5.13. The number of rotatable bonds is 10. The summed E-state index contributed by atoms with van der Waals surface area (Å²) in [6.45, 7) is 5.95.